The van der Waals surface area contributed by atoms with Crippen molar-refractivity contribution in [3.8, 4) is 0 Å². The number of aromatic amines is 2. The van der Waals surface area contributed by atoms with Crippen molar-refractivity contribution >= 4 is 12.2 Å². The molecule has 56 valence electrons. The molecule has 1 rings (SSSR count). The van der Waals surface area contributed by atoms with Gasteiger partial charge in [-0.1, -0.05) is 0 Å². The van der Waals surface area contributed by atoms with Crippen LogP contribution in [0.25, 0.3) is 0 Å². The fourth-order valence-electron chi connectivity index (χ4n) is 0.660. The molecule has 0 aromatic carbocycles. The summed E-state index contributed by atoms with van der Waals surface area (Å²) in [7, 11) is 0. The Bertz CT molecular complexity index is 240. The summed E-state index contributed by atoms with van der Waals surface area (Å²) in [4.78, 5) is 5.80. The summed E-state index contributed by atoms with van der Waals surface area (Å²) >= 11 is 4.82. The van der Waals surface area contributed by atoms with E-state index in [1.165, 1.54) is 0 Å². The van der Waals surface area contributed by atoms with Crippen LogP contribution in [0.2, 0.25) is 0 Å². The summed E-state index contributed by atoms with van der Waals surface area (Å²) in [5.74, 6) is 0. The smallest absolute Gasteiger partial charge is 0.174 e. The molecule has 1 aromatic rings. The van der Waals surface area contributed by atoms with Crippen molar-refractivity contribution in [3.63, 3.8) is 0 Å². The zero-order valence-corrected chi connectivity index (χ0v) is 6.62. The van der Waals surface area contributed by atoms with E-state index in [1.54, 1.807) is 0 Å². The summed E-state index contributed by atoms with van der Waals surface area (Å²) in [6.45, 7) is 3.29. The van der Waals surface area contributed by atoms with Gasteiger partial charge in [-0.05, 0) is 19.1 Å². The Morgan fingerprint density at radius 3 is 3.00 bits per heavy atom. The number of nitrogens with one attached hydrogen (secondary N) is 2. The van der Waals surface area contributed by atoms with Gasteiger partial charge in [0.1, 0.15) is 0 Å². The molecule has 10 heavy (non-hydrogen) atoms. The van der Waals surface area contributed by atoms with Gasteiger partial charge in [-0.3, -0.25) is 0 Å². The largest absolute Gasteiger partial charge is 0.375 e. The van der Waals surface area contributed by atoms with Crippen LogP contribution in [-0.4, -0.2) is 16.6 Å². The Morgan fingerprint density at radius 1 is 1.70 bits per heavy atom. The standard InChI is InChI=1S/C6H10N2OS/c1-2-9-4-5-3-7-6(10)8-5/h3H,2,4H2,1H3,(H2,7,8,10). The summed E-state index contributed by atoms with van der Waals surface area (Å²) in [5, 5.41) is 0. The van der Waals surface area contributed by atoms with E-state index in [9.17, 15) is 0 Å². The number of hydrogen-bond donors (Lipinski definition) is 2. The molecule has 0 fully saturated rings. The molecule has 0 spiro atoms. The third-order valence-corrected chi connectivity index (χ3v) is 1.33. The second-order valence-corrected chi connectivity index (χ2v) is 2.31. The van der Waals surface area contributed by atoms with Crippen LogP contribution in [0.1, 0.15) is 12.6 Å². The molecule has 2 N–H and O–H groups in total. The van der Waals surface area contributed by atoms with Crippen molar-refractivity contribution in [2.24, 2.45) is 0 Å². The number of rotatable bonds is 3. The van der Waals surface area contributed by atoms with E-state index < -0.39 is 0 Å². The van der Waals surface area contributed by atoms with Crippen molar-refractivity contribution in [1.82, 2.24) is 9.97 Å². The van der Waals surface area contributed by atoms with Crippen molar-refractivity contribution in [2.45, 2.75) is 13.5 Å². The number of imidazole rings is 1. The van der Waals surface area contributed by atoms with E-state index in [0.717, 1.165) is 12.3 Å². The van der Waals surface area contributed by atoms with Gasteiger partial charge >= 0.3 is 0 Å². The van der Waals surface area contributed by atoms with E-state index in [1.807, 2.05) is 13.1 Å². The predicted octanol–water partition coefficient (Wildman–Crippen LogP) is 1.61. The Balaban J connectivity index is 2.50. The highest BCUT2D eigenvalue weighted by Crippen LogP contribution is 1.94. The zero-order chi connectivity index (χ0) is 7.40. The third kappa shape index (κ3) is 1.97. The fourth-order valence-corrected chi connectivity index (χ4v) is 0.850. The van der Waals surface area contributed by atoms with Gasteiger partial charge in [0.2, 0.25) is 0 Å². The predicted molar refractivity (Wildman–Crippen MR) is 41.3 cm³/mol. The minimum absolute atomic E-state index is 0.601. The Hall–Kier alpha value is -0.610. The lowest BCUT2D eigenvalue weighted by molar-refractivity contribution is 0.131. The van der Waals surface area contributed by atoms with Crippen LogP contribution in [0.15, 0.2) is 6.20 Å². The molecule has 4 heteroatoms. The van der Waals surface area contributed by atoms with Gasteiger partial charge in [-0.2, -0.15) is 0 Å². The van der Waals surface area contributed by atoms with Crippen LogP contribution >= 0.6 is 12.2 Å². The highest BCUT2D eigenvalue weighted by atomic mass is 32.1. The van der Waals surface area contributed by atoms with Crippen molar-refractivity contribution < 1.29 is 4.74 Å². The zero-order valence-electron chi connectivity index (χ0n) is 5.81. The Kier molecular flexibility index (Phi) is 2.65. The minimum atomic E-state index is 0.601. The number of H-pyrrole nitrogens is 2. The van der Waals surface area contributed by atoms with E-state index >= 15 is 0 Å². The number of aromatic nitrogens is 2. The van der Waals surface area contributed by atoms with Crippen LogP contribution in [0.3, 0.4) is 0 Å². The van der Waals surface area contributed by atoms with Gasteiger partial charge in [0, 0.05) is 12.8 Å². The maximum Gasteiger partial charge on any atom is 0.174 e. The van der Waals surface area contributed by atoms with Gasteiger partial charge in [-0.25, -0.2) is 0 Å². The molecule has 0 aliphatic carbocycles. The average molecular weight is 158 g/mol. The summed E-state index contributed by atoms with van der Waals surface area (Å²) < 4.78 is 5.78. The first-order valence-corrected chi connectivity index (χ1v) is 3.58. The molecule has 1 heterocycles. The molecule has 0 amide bonds. The highest BCUT2D eigenvalue weighted by Gasteiger charge is 1.90. The van der Waals surface area contributed by atoms with Gasteiger partial charge in [0.25, 0.3) is 0 Å². The molecule has 0 unspecified atom stereocenters. The molecule has 0 radical (unpaired) electrons. The van der Waals surface area contributed by atoms with Crippen LogP contribution in [0, 0.1) is 4.77 Å². The SMILES string of the molecule is CCOCc1c[nH]c(=S)[nH]1. The molecule has 0 saturated heterocycles. The quantitative estimate of drug-likeness (QED) is 0.656. The topological polar surface area (TPSA) is 40.8 Å². The van der Waals surface area contributed by atoms with Crippen molar-refractivity contribution in [3.05, 3.63) is 16.7 Å². The molecule has 1 aromatic heterocycles. The molecule has 0 atom stereocenters. The maximum absolute atomic E-state index is 5.14. The molecular weight excluding hydrogens is 148 g/mol. The minimum Gasteiger partial charge on any atom is -0.375 e. The van der Waals surface area contributed by atoms with Crippen molar-refractivity contribution in [2.75, 3.05) is 6.61 Å². The Labute approximate surface area is 64.4 Å². The second-order valence-electron chi connectivity index (χ2n) is 1.91. The van der Waals surface area contributed by atoms with Crippen LogP contribution in [0.4, 0.5) is 0 Å². The van der Waals surface area contributed by atoms with Gasteiger partial charge in [-0.15, -0.1) is 0 Å². The fraction of sp³-hybridized carbons (Fsp3) is 0.500. The first kappa shape index (κ1) is 7.50. The third-order valence-electron chi connectivity index (χ3n) is 1.11. The first-order valence-electron chi connectivity index (χ1n) is 3.17. The summed E-state index contributed by atoms with van der Waals surface area (Å²) in [5.41, 5.74) is 0.992. The van der Waals surface area contributed by atoms with Crippen LogP contribution in [-0.2, 0) is 11.3 Å². The van der Waals surface area contributed by atoms with Crippen LogP contribution in [0.5, 0.6) is 0 Å². The summed E-state index contributed by atoms with van der Waals surface area (Å²) in [6.07, 6.45) is 1.82. The summed E-state index contributed by atoms with van der Waals surface area (Å²) in [6, 6.07) is 0. The highest BCUT2D eigenvalue weighted by molar-refractivity contribution is 7.71. The van der Waals surface area contributed by atoms with Gasteiger partial charge in [0.15, 0.2) is 4.77 Å². The lowest BCUT2D eigenvalue weighted by Crippen LogP contribution is -1.90. The lowest BCUT2D eigenvalue weighted by atomic mass is 10.5. The van der Waals surface area contributed by atoms with E-state index in [2.05, 4.69) is 9.97 Å². The van der Waals surface area contributed by atoms with E-state index in [-0.39, 0.29) is 0 Å². The second kappa shape index (κ2) is 3.53. The lowest BCUT2D eigenvalue weighted by Gasteiger charge is -1.94. The van der Waals surface area contributed by atoms with Gasteiger partial charge < -0.3 is 14.7 Å². The average Bonchev–Trinajstić information content (AvgIpc) is 2.31. The molecule has 3 nitrogen and oxygen atoms in total. The van der Waals surface area contributed by atoms with Crippen LogP contribution < -0.4 is 0 Å². The normalized spacial score (nSPS) is 10.1. The molecular formula is C6H10N2OS. The van der Waals surface area contributed by atoms with E-state index in [4.69, 9.17) is 17.0 Å². The number of hydrogen-bond acceptors (Lipinski definition) is 2. The van der Waals surface area contributed by atoms with Crippen molar-refractivity contribution in [1.29, 1.82) is 0 Å². The molecule has 0 saturated carbocycles. The molecule has 0 aliphatic heterocycles. The monoisotopic (exact) mass is 158 g/mol. The molecule has 0 aliphatic rings. The Morgan fingerprint density at radius 2 is 2.50 bits per heavy atom. The number of ether oxygens (including phenoxy) is 1. The maximum atomic E-state index is 5.14. The van der Waals surface area contributed by atoms with Gasteiger partial charge in [0.05, 0.1) is 12.3 Å². The first-order chi connectivity index (χ1) is 4.83. The molecule has 0 bridgehead atoms. The van der Waals surface area contributed by atoms with E-state index in [0.29, 0.717) is 11.4 Å².